The zero-order valence-corrected chi connectivity index (χ0v) is 14.8. The molecule has 2 aromatic carbocycles. The van der Waals surface area contributed by atoms with E-state index < -0.39 is 16.5 Å². The minimum atomic E-state index is -0.592. The van der Waals surface area contributed by atoms with E-state index >= 15 is 0 Å². The molecular weight excluding hydrogens is 353 g/mol. The Balaban J connectivity index is 1.82. The molecule has 1 aliphatic carbocycles. The van der Waals surface area contributed by atoms with Crippen molar-refractivity contribution >= 4 is 17.4 Å². The minimum absolute atomic E-state index is 0.153. The van der Waals surface area contributed by atoms with Gasteiger partial charge in [-0.3, -0.25) is 10.1 Å². The fourth-order valence-corrected chi connectivity index (χ4v) is 3.51. The van der Waals surface area contributed by atoms with Crippen LogP contribution in [0.25, 0.3) is 0 Å². The third kappa shape index (κ3) is 3.99. The van der Waals surface area contributed by atoms with E-state index in [-0.39, 0.29) is 17.2 Å². The number of nitrogens with one attached hydrogen (secondary N) is 2. The summed E-state index contributed by atoms with van der Waals surface area (Å²) in [5.74, 6) is -0.0179. The van der Waals surface area contributed by atoms with Gasteiger partial charge in [0.15, 0.2) is 0 Å². The van der Waals surface area contributed by atoms with Crippen molar-refractivity contribution in [3.8, 4) is 5.75 Å². The van der Waals surface area contributed by atoms with Crippen LogP contribution in [-0.2, 0) is 5.54 Å². The number of hydrogen-bond acceptors (Lipinski definition) is 4. The second-order valence-electron chi connectivity index (χ2n) is 6.52. The van der Waals surface area contributed by atoms with Gasteiger partial charge in [0, 0.05) is 12.1 Å². The molecule has 0 radical (unpaired) electrons. The van der Waals surface area contributed by atoms with Crippen molar-refractivity contribution in [1.29, 1.82) is 0 Å². The zero-order valence-electron chi connectivity index (χ0n) is 14.8. The number of benzene rings is 2. The monoisotopic (exact) mass is 373 g/mol. The number of ether oxygens (including phenoxy) is 1. The van der Waals surface area contributed by atoms with Gasteiger partial charge in [0.1, 0.15) is 11.6 Å². The van der Waals surface area contributed by atoms with Crippen LogP contribution in [0.3, 0.4) is 0 Å². The van der Waals surface area contributed by atoms with Gasteiger partial charge in [0.05, 0.1) is 23.3 Å². The lowest BCUT2D eigenvalue weighted by atomic mass is 9.88. The molecule has 2 amide bonds. The number of non-ortho nitro benzene ring substituents is 1. The molecule has 2 N–H and O–H groups in total. The van der Waals surface area contributed by atoms with Crippen molar-refractivity contribution in [3.63, 3.8) is 0 Å². The minimum Gasteiger partial charge on any atom is -0.495 e. The van der Waals surface area contributed by atoms with Crippen LogP contribution < -0.4 is 15.4 Å². The molecule has 3 rings (SSSR count). The van der Waals surface area contributed by atoms with Crippen LogP contribution in [0.1, 0.15) is 31.2 Å². The SMILES string of the molecule is COc1ccc([N+](=O)[O-])cc1NC(=O)NC1(c2ccc(F)cc2)CCCC1. The van der Waals surface area contributed by atoms with Gasteiger partial charge in [0.2, 0.25) is 0 Å². The van der Waals surface area contributed by atoms with Gasteiger partial charge in [-0.25, -0.2) is 9.18 Å². The highest BCUT2D eigenvalue weighted by Crippen LogP contribution is 2.39. The van der Waals surface area contributed by atoms with Crippen molar-refractivity contribution in [3.05, 3.63) is 64.0 Å². The molecule has 0 aromatic heterocycles. The fourth-order valence-electron chi connectivity index (χ4n) is 3.51. The van der Waals surface area contributed by atoms with E-state index in [0.29, 0.717) is 5.75 Å². The molecule has 0 atom stereocenters. The molecule has 0 aliphatic heterocycles. The van der Waals surface area contributed by atoms with E-state index in [1.165, 1.54) is 37.4 Å². The zero-order chi connectivity index (χ0) is 19.4. The van der Waals surface area contributed by atoms with Crippen molar-refractivity contribution in [2.45, 2.75) is 31.2 Å². The van der Waals surface area contributed by atoms with Crippen molar-refractivity contribution in [1.82, 2.24) is 5.32 Å². The summed E-state index contributed by atoms with van der Waals surface area (Å²) in [5.41, 5.74) is 0.297. The Morgan fingerprint density at radius 3 is 2.44 bits per heavy atom. The number of rotatable bonds is 5. The highest BCUT2D eigenvalue weighted by Gasteiger charge is 2.37. The molecule has 0 bridgehead atoms. The van der Waals surface area contributed by atoms with E-state index in [1.807, 2.05) is 0 Å². The summed E-state index contributed by atoms with van der Waals surface area (Å²) in [6, 6.07) is 9.58. The van der Waals surface area contributed by atoms with Crippen molar-refractivity contribution < 1.29 is 18.8 Å². The van der Waals surface area contributed by atoms with Crippen LogP contribution in [-0.4, -0.2) is 18.1 Å². The van der Waals surface area contributed by atoms with Crippen molar-refractivity contribution in [2.75, 3.05) is 12.4 Å². The van der Waals surface area contributed by atoms with E-state index in [9.17, 15) is 19.3 Å². The quantitative estimate of drug-likeness (QED) is 0.602. The maximum atomic E-state index is 13.3. The van der Waals surface area contributed by atoms with Crippen LogP contribution in [0.2, 0.25) is 0 Å². The Kier molecular flexibility index (Phi) is 5.25. The van der Waals surface area contributed by atoms with Gasteiger partial charge >= 0.3 is 6.03 Å². The highest BCUT2D eigenvalue weighted by molar-refractivity contribution is 5.92. The number of halogens is 1. The third-order valence-corrected chi connectivity index (χ3v) is 4.85. The normalized spacial score (nSPS) is 15.2. The van der Waals surface area contributed by atoms with Crippen LogP contribution >= 0.6 is 0 Å². The second-order valence-corrected chi connectivity index (χ2v) is 6.52. The van der Waals surface area contributed by atoms with Crippen molar-refractivity contribution in [2.24, 2.45) is 0 Å². The predicted molar refractivity (Wildman–Crippen MR) is 98.3 cm³/mol. The molecule has 0 spiro atoms. The molecule has 0 saturated heterocycles. The molecule has 2 aromatic rings. The lowest BCUT2D eigenvalue weighted by molar-refractivity contribution is -0.384. The number of carbonyl (C=O) groups is 1. The number of methoxy groups -OCH3 is 1. The maximum absolute atomic E-state index is 13.3. The number of urea groups is 1. The Labute approximate surface area is 155 Å². The summed E-state index contributed by atoms with van der Waals surface area (Å²) < 4.78 is 18.4. The third-order valence-electron chi connectivity index (χ3n) is 4.85. The van der Waals surface area contributed by atoms with Crippen LogP contribution in [0.5, 0.6) is 5.75 Å². The Hall–Kier alpha value is -3.16. The molecular formula is C19H20FN3O4. The van der Waals surface area contributed by atoms with Gasteiger partial charge in [-0.1, -0.05) is 25.0 Å². The molecule has 1 saturated carbocycles. The smallest absolute Gasteiger partial charge is 0.320 e. The number of anilines is 1. The van der Waals surface area contributed by atoms with E-state index in [4.69, 9.17) is 4.74 Å². The molecule has 142 valence electrons. The molecule has 8 heteroatoms. The molecule has 0 heterocycles. The number of carbonyl (C=O) groups excluding carboxylic acids is 1. The first-order valence-corrected chi connectivity index (χ1v) is 8.61. The molecule has 7 nitrogen and oxygen atoms in total. The molecule has 27 heavy (non-hydrogen) atoms. The summed E-state index contributed by atoms with van der Waals surface area (Å²) in [7, 11) is 1.42. The standard InChI is InChI=1S/C19H20FN3O4/c1-27-17-9-8-15(23(25)26)12-16(17)21-18(24)22-19(10-2-3-11-19)13-4-6-14(20)7-5-13/h4-9,12H,2-3,10-11H2,1H3,(H2,21,22,24). The Morgan fingerprint density at radius 2 is 1.85 bits per heavy atom. The number of hydrogen-bond donors (Lipinski definition) is 2. The summed E-state index contributed by atoms with van der Waals surface area (Å²) in [4.78, 5) is 23.1. The van der Waals surface area contributed by atoms with Gasteiger partial charge in [-0.2, -0.15) is 0 Å². The van der Waals surface area contributed by atoms with Crippen LogP contribution in [0, 0.1) is 15.9 Å². The van der Waals surface area contributed by atoms with Crippen LogP contribution in [0.15, 0.2) is 42.5 Å². The molecule has 1 fully saturated rings. The lowest BCUT2D eigenvalue weighted by Gasteiger charge is -2.31. The van der Waals surface area contributed by atoms with Gasteiger partial charge in [-0.05, 0) is 36.6 Å². The van der Waals surface area contributed by atoms with Gasteiger partial charge < -0.3 is 15.4 Å². The van der Waals surface area contributed by atoms with E-state index in [2.05, 4.69) is 10.6 Å². The first-order valence-electron chi connectivity index (χ1n) is 8.61. The molecule has 1 aliphatic rings. The summed E-state index contributed by atoms with van der Waals surface area (Å²) in [5, 5.41) is 16.6. The Morgan fingerprint density at radius 1 is 1.19 bits per heavy atom. The maximum Gasteiger partial charge on any atom is 0.320 e. The number of nitro benzene ring substituents is 1. The van der Waals surface area contributed by atoms with E-state index in [1.54, 1.807) is 12.1 Å². The van der Waals surface area contributed by atoms with Crippen LogP contribution in [0.4, 0.5) is 20.6 Å². The van der Waals surface area contributed by atoms with Gasteiger partial charge in [0.25, 0.3) is 5.69 Å². The first-order chi connectivity index (χ1) is 12.9. The summed E-state index contributed by atoms with van der Waals surface area (Å²) >= 11 is 0. The highest BCUT2D eigenvalue weighted by atomic mass is 19.1. The van der Waals surface area contributed by atoms with Gasteiger partial charge in [-0.15, -0.1) is 0 Å². The molecule has 0 unspecified atom stereocenters. The lowest BCUT2D eigenvalue weighted by Crippen LogP contribution is -2.45. The summed E-state index contributed by atoms with van der Waals surface area (Å²) in [6.07, 6.45) is 3.35. The first kappa shape index (κ1) is 18.6. The van der Waals surface area contributed by atoms with E-state index in [0.717, 1.165) is 31.2 Å². The average Bonchev–Trinajstić information content (AvgIpc) is 3.11. The Bertz CT molecular complexity index is 849. The largest absolute Gasteiger partial charge is 0.495 e. The number of nitrogens with zero attached hydrogens (tertiary/aromatic N) is 1. The fraction of sp³-hybridized carbons (Fsp3) is 0.316. The predicted octanol–water partition coefficient (Wildman–Crippen LogP) is 4.33. The topological polar surface area (TPSA) is 93.5 Å². The summed E-state index contributed by atoms with van der Waals surface area (Å²) in [6.45, 7) is 0. The number of amides is 2. The second kappa shape index (κ2) is 7.61. The number of nitro groups is 1. The average molecular weight is 373 g/mol.